The van der Waals surface area contributed by atoms with Crippen LogP contribution >= 0.6 is 11.6 Å². The molecule has 3 rings (SSSR count). The van der Waals surface area contributed by atoms with Crippen LogP contribution in [0.4, 0.5) is 11.6 Å². The molecule has 0 aliphatic heterocycles. The molecular weight excluding hydrogens is 392 g/mol. The largest absolute Gasteiger partial charge is 0.324 e. The van der Waals surface area contributed by atoms with Crippen LogP contribution < -0.4 is 10.0 Å². The van der Waals surface area contributed by atoms with Gasteiger partial charge >= 0.3 is 0 Å². The van der Waals surface area contributed by atoms with E-state index in [1.807, 2.05) is 0 Å². The Morgan fingerprint density at radius 3 is 2.44 bits per heavy atom. The molecule has 27 heavy (non-hydrogen) atoms. The van der Waals surface area contributed by atoms with Gasteiger partial charge in [-0.2, -0.15) is 5.10 Å². The third-order valence-electron chi connectivity index (χ3n) is 3.57. The highest BCUT2D eigenvalue weighted by molar-refractivity contribution is 7.92. The van der Waals surface area contributed by atoms with E-state index in [1.54, 1.807) is 19.2 Å². The van der Waals surface area contributed by atoms with Gasteiger partial charge in [-0.3, -0.25) is 9.48 Å². The molecule has 0 saturated heterocycles. The number of nitrogens with one attached hydrogen (secondary N) is 2. The first kappa shape index (κ1) is 18.8. The lowest BCUT2D eigenvalue weighted by molar-refractivity contribution is -0.119. The van der Waals surface area contributed by atoms with Gasteiger partial charge in [0.15, 0.2) is 0 Å². The molecule has 2 aromatic heterocycles. The molecule has 0 aliphatic rings. The summed E-state index contributed by atoms with van der Waals surface area (Å²) < 4.78 is 28.4. The topological polar surface area (TPSA) is 119 Å². The van der Waals surface area contributed by atoms with Crippen LogP contribution in [0.3, 0.4) is 0 Å². The van der Waals surface area contributed by atoms with E-state index in [9.17, 15) is 13.2 Å². The molecule has 0 aliphatic carbocycles. The molecule has 1 aromatic carbocycles. The van der Waals surface area contributed by atoms with Gasteiger partial charge in [-0.05, 0) is 37.3 Å². The minimum atomic E-state index is -3.83. The molecule has 140 valence electrons. The Hall–Kier alpha value is -2.98. The van der Waals surface area contributed by atoms with Gasteiger partial charge in [0.2, 0.25) is 11.9 Å². The molecule has 9 nitrogen and oxygen atoms in total. The van der Waals surface area contributed by atoms with Crippen LogP contribution in [0.5, 0.6) is 0 Å². The molecule has 11 heteroatoms. The van der Waals surface area contributed by atoms with Gasteiger partial charge in [0, 0.05) is 24.3 Å². The number of sulfonamides is 1. The van der Waals surface area contributed by atoms with Crippen LogP contribution in [0.1, 0.15) is 13.0 Å². The summed E-state index contributed by atoms with van der Waals surface area (Å²) in [5.74, 6) is -0.345. The van der Waals surface area contributed by atoms with E-state index in [-0.39, 0.29) is 16.8 Å². The number of nitrogens with zero attached hydrogens (tertiary/aromatic N) is 4. The minimum absolute atomic E-state index is 0.0138. The maximum atomic E-state index is 12.3. The van der Waals surface area contributed by atoms with Crippen molar-refractivity contribution in [2.24, 2.45) is 0 Å². The number of benzene rings is 1. The second-order valence-corrected chi connectivity index (χ2v) is 7.62. The van der Waals surface area contributed by atoms with Crippen LogP contribution in [-0.2, 0) is 14.8 Å². The molecule has 0 spiro atoms. The fourth-order valence-corrected chi connectivity index (χ4v) is 3.24. The van der Waals surface area contributed by atoms with Gasteiger partial charge in [-0.15, -0.1) is 0 Å². The zero-order chi connectivity index (χ0) is 19.4. The number of hydrogen-bond donors (Lipinski definition) is 2. The minimum Gasteiger partial charge on any atom is -0.324 e. The summed E-state index contributed by atoms with van der Waals surface area (Å²) in [5.41, 5.74) is 0.444. The van der Waals surface area contributed by atoms with Gasteiger partial charge in [-0.1, -0.05) is 11.6 Å². The number of halogens is 1. The first-order chi connectivity index (χ1) is 12.8. The molecule has 2 N–H and O–H groups in total. The highest BCUT2D eigenvalue weighted by atomic mass is 35.5. The van der Waals surface area contributed by atoms with Crippen LogP contribution in [0, 0.1) is 0 Å². The number of anilines is 2. The lowest BCUT2D eigenvalue weighted by atomic mass is 10.2. The zero-order valence-corrected chi connectivity index (χ0v) is 15.6. The Kier molecular flexibility index (Phi) is 5.38. The fourth-order valence-electron chi connectivity index (χ4n) is 2.14. The highest BCUT2D eigenvalue weighted by Crippen LogP contribution is 2.18. The Morgan fingerprint density at radius 1 is 1.19 bits per heavy atom. The van der Waals surface area contributed by atoms with E-state index in [1.165, 1.54) is 47.5 Å². The molecule has 2 heterocycles. The standard InChI is InChI=1S/C16H15ClN6O3S/c1-11(23-10-12(17)9-20-23)15(24)21-13-3-5-14(6-4-13)27(25,26)22-16-18-7-2-8-19-16/h2-11H,1H3,(H,21,24)(H,18,19,22). The van der Waals surface area contributed by atoms with Gasteiger partial charge < -0.3 is 5.32 Å². The van der Waals surface area contributed by atoms with Crippen molar-refractivity contribution in [2.45, 2.75) is 17.9 Å². The van der Waals surface area contributed by atoms with Crippen molar-refractivity contribution in [1.82, 2.24) is 19.7 Å². The summed E-state index contributed by atoms with van der Waals surface area (Å²) in [6, 6.07) is 6.71. The van der Waals surface area contributed by atoms with Crippen LogP contribution in [0.25, 0.3) is 0 Å². The summed E-state index contributed by atoms with van der Waals surface area (Å²) in [7, 11) is -3.83. The average molecular weight is 407 g/mol. The van der Waals surface area contributed by atoms with Gasteiger partial charge in [0.25, 0.3) is 10.0 Å². The van der Waals surface area contributed by atoms with Crippen LogP contribution in [0.2, 0.25) is 5.02 Å². The molecule has 0 radical (unpaired) electrons. The second-order valence-electron chi connectivity index (χ2n) is 5.51. The molecule has 1 unspecified atom stereocenters. The lowest BCUT2D eigenvalue weighted by Gasteiger charge is -2.13. The number of amides is 1. The maximum absolute atomic E-state index is 12.3. The Morgan fingerprint density at radius 2 is 1.85 bits per heavy atom. The van der Waals surface area contributed by atoms with Crippen LogP contribution in [-0.4, -0.2) is 34.1 Å². The number of carbonyl (C=O) groups excluding carboxylic acids is 1. The first-order valence-electron chi connectivity index (χ1n) is 7.75. The molecule has 0 bridgehead atoms. The predicted octanol–water partition coefficient (Wildman–Crippen LogP) is 2.33. The number of hydrogen-bond acceptors (Lipinski definition) is 6. The Balaban J connectivity index is 1.68. The smallest absolute Gasteiger partial charge is 0.264 e. The summed E-state index contributed by atoms with van der Waals surface area (Å²) in [6.07, 6.45) is 5.84. The van der Waals surface area contributed by atoms with E-state index in [0.29, 0.717) is 10.7 Å². The monoisotopic (exact) mass is 406 g/mol. The number of aromatic nitrogens is 4. The quantitative estimate of drug-likeness (QED) is 0.648. The molecule has 1 amide bonds. The first-order valence-corrected chi connectivity index (χ1v) is 9.62. The van der Waals surface area contributed by atoms with E-state index >= 15 is 0 Å². The normalized spacial score (nSPS) is 12.4. The lowest BCUT2D eigenvalue weighted by Crippen LogP contribution is -2.24. The van der Waals surface area contributed by atoms with Crippen molar-refractivity contribution in [2.75, 3.05) is 10.0 Å². The molecule has 0 saturated carbocycles. The third kappa shape index (κ3) is 4.60. The van der Waals surface area contributed by atoms with Gasteiger partial charge in [0.05, 0.1) is 16.1 Å². The fraction of sp³-hybridized carbons (Fsp3) is 0.125. The second kappa shape index (κ2) is 7.72. The Labute approximate surface area is 160 Å². The van der Waals surface area contributed by atoms with E-state index in [4.69, 9.17) is 11.6 Å². The highest BCUT2D eigenvalue weighted by Gasteiger charge is 2.18. The van der Waals surface area contributed by atoms with Crippen molar-refractivity contribution in [1.29, 1.82) is 0 Å². The predicted molar refractivity (Wildman–Crippen MR) is 99.9 cm³/mol. The van der Waals surface area contributed by atoms with Crippen molar-refractivity contribution >= 4 is 39.2 Å². The average Bonchev–Trinajstić information content (AvgIpc) is 3.08. The van der Waals surface area contributed by atoms with Crippen LogP contribution in [0.15, 0.2) is 60.0 Å². The summed E-state index contributed by atoms with van der Waals surface area (Å²) in [4.78, 5) is 19.9. The van der Waals surface area contributed by atoms with E-state index < -0.39 is 16.1 Å². The van der Waals surface area contributed by atoms with E-state index in [2.05, 4.69) is 25.1 Å². The zero-order valence-electron chi connectivity index (χ0n) is 14.1. The summed E-state index contributed by atoms with van der Waals surface area (Å²) >= 11 is 5.80. The molecule has 1 atom stereocenters. The molecular formula is C16H15ClN6O3S. The van der Waals surface area contributed by atoms with Gasteiger partial charge in [-0.25, -0.2) is 23.1 Å². The van der Waals surface area contributed by atoms with Crippen molar-refractivity contribution in [3.05, 3.63) is 60.1 Å². The van der Waals surface area contributed by atoms with E-state index in [0.717, 1.165) is 0 Å². The summed E-state index contributed by atoms with van der Waals surface area (Å²) in [5, 5.41) is 7.11. The van der Waals surface area contributed by atoms with Crippen molar-refractivity contribution in [3.8, 4) is 0 Å². The molecule has 0 fully saturated rings. The maximum Gasteiger partial charge on any atom is 0.264 e. The number of rotatable bonds is 6. The molecule has 3 aromatic rings. The number of carbonyl (C=O) groups is 1. The summed E-state index contributed by atoms with van der Waals surface area (Å²) in [6.45, 7) is 1.67. The van der Waals surface area contributed by atoms with Crippen molar-refractivity contribution in [3.63, 3.8) is 0 Å². The van der Waals surface area contributed by atoms with Gasteiger partial charge in [0.1, 0.15) is 6.04 Å². The third-order valence-corrected chi connectivity index (χ3v) is 5.11. The Bertz CT molecular complexity index is 1040. The van der Waals surface area contributed by atoms with Crippen molar-refractivity contribution < 1.29 is 13.2 Å². The SMILES string of the molecule is CC(C(=O)Nc1ccc(S(=O)(=O)Nc2ncccn2)cc1)n1cc(Cl)cn1.